The molecule has 0 bridgehead atoms. The Morgan fingerprint density at radius 3 is 2.65 bits per heavy atom. The van der Waals surface area contributed by atoms with Crippen LogP contribution < -0.4 is 5.32 Å². The molecule has 130 valence electrons. The number of nitrogens with one attached hydrogen (secondary N) is 1. The predicted molar refractivity (Wildman–Crippen MR) is 72.1 cm³/mol. The Kier molecular flexibility index (Phi) is 5.71. The fraction of sp³-hybridized carbons (Fsp3) is 0.600. The number of aromatic nitrogens is 2. The summed E-state index contributed by atoms with van der Waals surface area (Å²) in [6.07, 6.45) is 1.67. The molecule has 10 nitrogen and oxygen atoms in total. The van der Waals surface area contributed by atoms with E-state index in [-0.39, 0.29) is 5.69 Å². The van der Waals surface area contributed by atoms with Crippen LogP contribution in [0.15, 0.2) is 6.33 Å². The standard InChI is InChI=1S/C10H14F2N4O6S/c1-10(11,12)5-13-8(17)3-15-6-14-9(16(18)19)7(15)4-22-23(2,20)21/h6H,3-5H2,1-2H3,(H,13,17). The summed E-state index contributed by atoms with van der Waals surface area (Å²) in [5.74, 6) is -4.65. The average Bonchev–Trinajstić information content (AvgIpc) is 2.75. The van der Waals surface area contributed by atoms with E-state index >= 15 is 0 Å². The number of nitrogens with zero attached hydrogens (tertiary/aromatic N) is 3. The van der Waals surface area contributed by atoms with Crippen LogP contribution >= 0.6 is 0 Å². The molecule has 1 rings (SSSR count). The van der Waals surface area contributed by atoms with Crippen molar-refractivity contribution in [3.05, 3.63) is 22.1 Å². The molecule has 0 unspecified atom stereocenters. The van der Waals surface area contributed by atoms with Gasteiger partial charge in [0, 0.05) is 6.92 Å². The van der Waals surface area contributed by atoms with Gasteiger partial charge in [-0.15, -0.1) is 0 Å². The van der Waals surface area contributed by atoms with Crippen LogP contribution in [0.2, 0.25) is 0 Å². The van der Waals surface area contributed by atoms with Gasteiger partial charge in [-0.1, -0.05) is 0 Å². The van der Waals surface area contributed by atoms with Crippen LogP contribution in [-0.2, 0) is 32.2 Å². The third kappa shape index (κ3) is 6.65. The van der Waals surface area contributed by atoms with Crippen molar-refractivity contribution in [2.45, 2.75) is 26.0 Å². The van der Waals surface area contributed by atoms with E-state index in [2.05, 4.69) is 9.17 Å². The molecule has 0 fully saturated rings. The van der Waals surface area contributed by atoms with Crippen molar-refractivity contribution in [2.24, 2.45) is 0 Å². The van der Waals surface area contributed by atoms with Gasteiger partial charge in [0.2, 0.25) is 12.2 Å². The molecule has 0 radical (unpaired) electrons. The minimum absolute atomic E-state index is 0.279. The first-order valence-electron chi connectivity index (χ1n) is 6.06. The number of hydrogen-bond donors (Lipinski definition) is 1. The Balaban J connectivity index is 2.89. The second-order valence-corrected chi connectivity index (χ2v) is 6.36. The highest BCUT2D eigenvalue weighted by atomic mass is 32.2. The molecule has 1 N–H and O–H groups in total. The van der Waals surface area contributed by atoms with Gasteiger partial charge >= 0.3 is 5.82 Å². The minimum atomic E-state index is -3.88. The van der Waals surface area contributed by atoms with E-state index in [0.717, 1.165) is 17.2 Å². The summed E-state index contributed by atoms with van der Waals surface area (Å²) in [5, 5.41) is 12.8. The number of halogens is 2. The maximum absolute atomic E-state index is 12.7. The topological polar surface area (TPSA) is 133 Å². The van der Waals surface area contributed by atoms with Gasteiger partial charge < -0.3 is 15.4 Å². The molecule has 0 aliphatic rings. The summed E-state index contributed by atoms with van der Waals surface area (Å²) in [4.78, 5) is 25.0. The molecular weight excluding hydrogens is 342 g/mol. The number of alkyl halides is 2. The maximum atomic E-state index is 12.7. The van der Waals surface area contributed by atoms with Crippen molar-refractivity contribution in [1.82, 2.24) is 14.9 Å². The zero-order chi connectivity index (χ0) is 17.8. The minimum Gasteiger partial charge on any atom is -0.358 e. The molecule has 13 heteroatoms. The van der Waals surface area contributed by atoms with Crippen molar-refractivity contribution in [3.8, 4) is 0 Å². The van der Waals surface area contributed by atoms with Gasteiger partial charge in [-0.05, 0) is 9.91 Å². The zero-order valence-electron chi connectivity index (χ0n) is 12.2. The van der Waals surface area contributed by atoms with E-state index in [0.29, 0.717) is 6.92 Å². The molecule has 1 aromatic rings. The Labute approximate surface area is 129 Å². The number of amides is 1. The van der Waals surface area contributed by atoms with Crippen molar-refractivity contribution in [3.63, 3.8) is 0 Å². The molecule has 1 amide bonds. The fourth-order valence-electron chi connectivity index (χ4n) is 1.46. The summed E-state index contributed by atoms with van der Waals surface area (Å²) in [7, 11) is -3.88. The summed E-state index contributed by atoms with van der Waals surface area (Å²) in [6, 6.07) is 0. The van der Waals surface area contributed by atoms with Crippen molar-refractivity contribution in [2.75, 3.05) is 12.8 Å². The second-order valence-electron chi connectivity index (χ2n) is 4.71. The largest absolute Gasteiger partial charge is 0.387 e. The first-order chi connectivity index (χ1) is 10.4. The first-order valence-corrected chi connectivity index (χ1v) is 7.88. The molecular formula is C10H14F2N4O6S. The SMILES string of the molecule is CC(F)(F)CNC(=O)Cn1cnc([N+](=O)[O-])c1COS(C)(=O)=O. The van der Waals surface area contributed by atoms with Gasteiger partial charge in [0.05, 0.1) is 12.8 Å². The van der Waals surface area contributed by atoms with E-state index in [1.54, 1.807) is 0 Å². The van der Waals surface area contributed by atoms with Crippen LogP contribution in [0.4, 0.5) is 14.6 Å². The predicted octanol–water partition coefficient (Wildman–Crippen LogP) is 0.0389. The third-order valence-corrected chi connectivity index (χ3v) is 2.96. The van der Waals surface area contributed by atoms with Crippen LogP contribution in [0.1, 0.15) is 12.6 Å². The van der Waals surface area contributed by atoms with Gasteiger partial charge in [-0.3, -0.25) is 13.5 Å². The molecule has 0 aliphatic carbocycles. The van der Waals surface area contributed by atoms with E-state index < -0.39 is 52.4 Å². The number of rotatable bonds is 8. The highest BCUT2D eigenvalue weighted by Gasteiger charge is 2.26. The van der Waals surface area contributed by atoms with Crippen LogP contribution in [0.25, 0.3) is 0 Å². The first kappa shape index (κ1) is 18.9. The molecule has 1 heterocycles. The van der Waals surface area contributed by atoms with E-state index in [1.807, 2.05) is 5.32 Å². The number of nitro groups is 1. The highest BCUT2D eigenvalue weighted by molar-refractivity contribution is 7.85. The molecule has 0 spiro atoms. The smallest absolute Gasteiger partial charge is 0.358 e. The number of carbonyl (C=O) groups excluding carboxylic acids is 1. The van der Waals surface area contributed by atoms with E-state index in [9.17, 15) is 32.1 Å². The van der Waals surface area contributed by atoms with Crippen LogP contribution in [0.5, 0.6) is 0 Å². The van der Waals surface area contributed by atoms with Gasteiger partial charge in [0.15, 0.2) is 0 Å². The fourth-order valence-corrected chi connectivity index (χ4v) is 1.79. The van der Waals surface area contributed by atoms with Crippen LogP contribution in [0.3, 0.4) is 0 Å². The summed E-state index contributed by atoms with van der Waals surface area (Å²) in [6.45, 7) is -1.57. The Morgan fingerprint density at radius 2 is 2.17 bits per heavy atom. The molecule has 0 atom stereocenters. The lowest BCUT2D eigenvalue weighted by Gasteiger charge is -2.12. The quantitative estimate of drug-likeness (QED) is 0.395. The molecule has 0 aromatic carbocycles. The van der Waals surface area contributed by atoms with Gasteiger partial charge in [0.1, 0.15) is 18.8 Å². The Bertz CT molecular complexity index is 697. The lowest BCUT2D eigenvalue weighted by atomic mass is 10.3. The highest BCUT2D eigenvalue weighted by Crippen LogP contribution is 2.18. The Morgan fingerprint density at radius 1 is 1.57 bits per heavy atom. The summed E-state index contributed by atoms with van der Waals surface area (Å²) < 4.78 is 52.7. The van der Waals surface area contributed by atoms with E-state index in [4.69, 9.17) is 0 Å². The van der Waals surface area contributed by atoms with Crippen LogP contribution in [0, 0.1) is 10.1 Å². The Hall–Kier alpha value is -2.15. The van der Waals surface area contributed by atoms with Gasteiger partial charge in [-0.25, -0.2) is 8.78 Å². The monoisotopic (exact) mass is 356 g/mol. The lowest BCUT2D eigenvalue weighted by Crippen LogP contribution is -2.36. The van der Waals surface area contributed by atoms with Gasteiger partial charge in [0.25, 0.3) is 16.0 Å². The molecule has 0 saturated carbocycles. The maximum Gasteiger partial charge on any atom is 0.387 e. The lowest BCUT2D eigenvalue weighted by molar-refractivity contribution is -0.390. The molecule has 23 heavy (non-hydrogen) atoms. The number of carbonyl (C=O) groups is 1. The molecule has 1 aromatic heterocycles. The normalized spacial score (nSPS) is 12.2. The average molecular weight is 356 g/mol. The van der Waals surface area contributed by atoms with Crippen molar-refractivity contribution in [1.29, 1.82) is 0 Å². The van der Waals surface area contributed by atoms with Crippen molar-refractivity contribution < 1.29 is 31.1 Å². The molecule has 0 aliphatic heterocycles. The molecule has 0 saturated heterocycles. The van der Waals surface area contributed by atoms with Gasteiger partial charge in [-0.2, -0.15) is 8.42 Å². The summed E-state index contributed by atoms with van der Waals surface area (Å²) in [5.41, 5.74) is -0.279. The second kappa shape index (κ2) is 6.95. The number of imidazole rings is 1. The number of hydrogen-bond acceptors (Lipinski definition) is 7. The van der Waals surface area contributed by atoms with E-state index in [1.165, 1.54) is 0 Å². The van der Waals surface area contributed by atoms with Crippen molar-refractivity contribution >= 4 is 21.8 Å². The summed E-state index contributed by atoms with van der Waals surface area (Å²) >= 11 is 0. The zero-order valence-corrected chi connectivity index (χ0v) is 13.0. The third-order valence-electron chi connectivity index (χ3n) is 2.42. The van der Waals surface area contributed by atoms with Crippen LogP contribution in [-0.4, -0.2) is 47.5 Å².